The van der Waals surface area contributed by atoms with E-state index in [1.165, 1.54) is 16.5 Å². The highest BCUT2D eigenvalue weighted by atomic mass is 35.5. The number of benzene rings is 1. The lowest BCUT2D eigenvalue weighted by atomic mass is 9.99. The second kappa shape index (κ2) is 7.82. The topological polar surface area (TPSA) is 84.5 Å². The molecule has 1 aliphatic rings. The summed E-state index contributed by atoms with van der Waals surface area (Å²) in [5.41, 5.74) is -0.207. The van der Waals surface area contributed by atoms with Gasteiger partial charge >= 0.3 is 5.69 Å². The summed E-state index contributed by atoms with van der Waals surface area (Å²) in [6.45, 7) is 3.75. The van der Waals surface area contributed by atoms with Crippen LogP contribution in [-0.4, -0.2) is 38.2 Å². The van der Waals surface area contributed by atoms with E-state index in [4.69, 9.17) is 11.6 Å². The highest BCUT2D eigenvalue weighted by molar-refractivity contribution is 6.33. The Kier molecular flexibility index (Phi) is 5.23. The average Bonchev–Trinajstić information content (AvgIpc) is 2.99. The Morgan fingerprint density at radius 2 is 2.07 bits per heavy atom. The van der Waals surface area contributed by atoms with Crippen LogP contribution in [0.15, 0.2) is 35.3 Å². The molecule has 1 aliphatic heterocycles. The molecule has 4 rings (SSSR count). The summed E-state index contributed by atoms with van der Waals surface area (Å²) in [6.07, 6.45) is 3.82. The Morgan fingerprint density at radius 3 is 2.79 bits per heavy atom. The molecule has 0 atom stereocenters. The van der Waals surface area contributed by atoms with Gasteiger partial charge in [0.05, 0.1) is 10.7 Å². The van der Waals surface area contributed by atoms with Crippen LogP contribution in [0.4, 0.5) is 15.9 Å². The van der Waals surface area contributed by atoms with Gasteiger partial charge in [0.1, 0.15) is 18.2 Å². The highest BCUT2D eigenvalue weighted by Crippen LogP contribution is 2.23. The van der Waals surface area contributed by atoms with E-state index in [0.717, 1.165) is 42.5 Å². The molecule has 3 heterocycles. The zero-order chi connectivity index (χ0) is 20.5. The smallest absolute Gasteiger partial charge is 0.352 e. The van der Waals surface area contributed by atoms with E-state index in [-0.39, 0.29) is 23.0 Å². The van der Waals surface area contributed by atoms with Crippen molar-refractivity contribution in [1.29, 1.82) is 0 Å². The number of carbonyl (C=O) groups excluding carboxylic acids is 1. The number of hydrogen-bond donors (Lipinski definition) is 1. The van der Waals surface area contributed by atoms with Crippen molar-refractivity contribution < 1.29 is 9.18 Å². The highest BCUT2D eigenvalue weighted by Gasteiger charge is 2.19. The van der Waals surface area contributed by atoms with Gasteiger partial charge in [-0.2, -0.15) is 4.98 Å². The van der Waals surface area contributed by atoms with Crippen molar-refractivity contribution in [3.8, 4) is 0 Å². The first-order valence-electron chi connectivity index (χ1n) is 9.37. The number of anilines is 2. The van der Waals surface area contributed by atoms with E-state index in [2.05, 4.69) is 27.2 Å². The number of nitrogens with zero attached hydrogens (tertiary/aromatic N) is 5. The fraction of sp³-hybridized carbons (Fsp3) is 0.368. The third-order valence-corrected chi connectivity index (χ3v) is 5.36. The van der Waals surface area contributed by atoms with Crippen molar-refractivity contribution in [1.82, 2.24) is 19.2 Å². The van der Waals surface area contributed by atoms with Crippen molar-refractivity contribution in [2.45, 2.75) is 26.3 Å². The second-order valence-corrected chi connectivity index (χ2v) is 7.65. The minimum absolute atomic E-state index is 0.0721. The van der Waals surface area contributed by atoms with Crippen LogP contribution < -0.4 is 15.9 Å². The molecule has 1 aromatic carbocycles. The molecular formula is C19H20ClFN6O2. The molecule has 152 valence electrons. The Bertz CT molecular complexity index is 1120. The second-order valence-electron chi connectivity index (χ2n) is 7.24. The van der Waals surface area contributed by atoms with Gasteiger partial charge in [0.2, 0.25) is 5.91 Å². The molecule has 0 saturated carbocycles. The zero-order valence-electron chi connectivity index (χ0n) is 15.8. The predicted molar refractivity (Wildman–Crippen MR) is 108 cm³/mol. The van der Waals surface area contributed by atoms with Gasteiger partial charge in [-0.15, -0.1) is 5.10 Å². The Balaban J connectivity index is 1.52. The number of carbonyl (C=O) groups is 1. The van der Waals surface area contributed by atoms with Crippen LogP contribution in [0.1, 0.15) is 19.8 Å². The molecule has 1 N–H and O–H groups in total. The van der Waals surface area contributed by atoms with Crippen molar-refractivity contribution in [2.75, 3.05) is 23.3 Å². The summed E-state index contributed by atoms with van der Waals surface area (Å²) < 4.78 is 15.5. The van der Waals surface area contributed by atoms with Crippen LogP contribution in [0.2, 0.25) is 5.02 Å². The minimum Gasteiger partial charge on any atom is -0.356 e. The molecule has 10 heteroatoms. The number of hydrogen-bond acceptors (Lipinski definition) is 5. The lowest BCUT2D eigenvalue weighted by Crippen LogP contribution is -2.33. The van der Waals surface area contributed by atoms with Gasteiger partial charge in [-0.1, -0.05) is 18.5 Å². The monoisotopic (exact) mass is 418 g/mol. The van der Waals surface area contributed by atoms with Gasteiger partial charge in [-0.25, -0.2) is 18.3 Å². The molecule has 8 nitrogen and oxygen atoms in total. The first-order valence-corrected chi connectivity index (χ1v) is 9.74. The van der Waals surface area contributed by atoms with Gasteiger partial charge in [0.15, 0.2) is 0 Å². The van der Waals surface area contributed by atoms with E-state index >= 15 is 0 Å². The number of fused-ring (bicyclic) bond motifs is 1. The molecule has 0 unspecified atom stereocenters. The average molecular weight is 419 g/mol. The summed E-state index contributed by atoms with van der Waals surface area (Å²) in [7, 11) is 0. The van der Waals surface area contributed by atoms with Crippen LogP contribution in [-0.2, 0) is 11.3 Å². The SMILES string of the molecule is CC1CCN(c2ccn3c(=O)n(CC(=O)Nc4ccc(F)cc4Cl)nc3n2)CC1. The Labute approximate surface area is 170 Å². The van der Waals surface area contributed by atoms with Crippen molar-refractivity contribution in [3.05, 3.63) is 51.8 Å². The number of nitrogens with one attached hydrogen (secondary N) is 1. The van der Waals surface area contributed by atoms with Crippen LogP contribution in [0.5, 0.6) is 0 Å². The largest absolute Gasteiger partial charge is 0.356 e. The Morgan fingerprint density at radius 1 is 1.31 bits per heavy atom. The van der Waals surface area contributed by atoms with Crippen molar-refractivity contribution in [2.24, 2.45) is 5.92 Å². The maximum atomic E-state index is 13.1. The molecule has 1 fully saturated rings. The van der Waals surface area contributed by atoms with E-state index < -0.39 is 17.4 Å². The summed E-state index contributed by atoms with van der Waals surface area (Å²) in [6, 6.07) is 5.43. The van der Waals surface area contributed by atoms with Gasteiger partial charge in [0, 0.05) is 19.3 Å². The number of rotatable bonds is 4. The zero-order valence-corrected chi connectivity index (χ0v) is 16.6. The summed E-state index contributed by atoms with van der Waals surface area (Å²) in [5.74, 6) is 0.691. The van der Waals surface area contributed by atoms with Gasteiger partial charge in [0.25, 0.3) is 5.78 Å². The normalized spacial score (nSPS) is 15.1. The maximum Gasteiger partial charge on any atom is 0.352 e. The van der Waals surface area contributed by atoms with Gasteiger partial charge in [-0.05, 0) is 43.0 Å². The summed E-state index contributed by atoms with van der Waals surface area (Å²) in [5, 5.41) is 6.80. The lowest BCUT2D eigenvalue weighted by Gasteiger charge is -2.30. The predicted octanol–water partition coefficient (Wildman–Crippen LogP) is 2.56. The molecule has 0 spiro atoms. The van der Waals surface area contributed by atoms with Crippen LogP contribution in [0.25, 0.3) is 5.78 Å². The maximum absolute atomic E-state index is 13.1. The summed E-state index contributed by atoms with van der Waals surface area (Å²) >= 11 is 5.91. The molecule has 1 saturated heterocycles. The number of aromatic nitrogens is 4. The first-order chi connectivity index (χ1) is 13.9. The molecule has 3 aromatic rings. The standard InChI is InChI=1S/C19H20ClFN6O2/c1-12-4-7-25(8-5-12)16-6-9-26-18(23-16)24-27(19(26)29)11-17(28)22-15-3-2-13(21)10-14(15)20/h2-3,6,9-10,12H,4-5,7-8,11H2,1H3,(H,22,28). The van der Waals surface area contributed by atoms with E-state index in [9.17, 15) is 14.0 Å². The quantitative estimate of drug-likeness (QED) is 0.704. The lowest BCUT2D eigenvalue weighted by molar-refractivity contribution is -0.117. The number of amides is 1. The van der Waals surface area contributed by atoms with E-state index in [0.29, 0.717) is 5.92 Å². The van der Waals surface area contributed by atoms with Gasteiger partial charge in [-0.3, -0.25) is 4.79 Å². The fourth-order valence-corrected chi connectivity index (χ4v) is 3.54. The summed E-state index contributed by atoms with van der Waals surface area (Å²) in [4.78, 5) is 31.5. The third-order valence-electron chi connectivity index (χ3n) is 5.05. The van der Waals surface area contributed by atoms with Crippen LogP contribution in [0.3, 0.4) is 0 Å². The van der Waals surface area contributed by atoms with Crippen LogP contribution >= 0.6 is 11.6 Å². The molecule has 29 heavy (non-hydrogen) atoms. The van der Waals surface area contributed by atoms with Crippen LogP contribution in [0, 0.1) is 11.7 Å². The molecule has 0 radical (unpaired) electrons. The van der Waals surface area contributed by atoms with E-state index in [1.54, 1.807) is 12.3 Å². The number of piperidine rings is 1. The Hall–Kier alpha value is -2.94. The van der Waals surface area contributed by atoms with Crippen molar-refractivity contribution >= 4 is 34.8 Å². The number of halogens is 2. The van der Waals surface area contributed by atoms with E-state index in [1.807, 2.05) is 0 Å². The molecule has 1 amide bonds. The first kappa shape index (κ1) is 19.4. The molecule has 0 bridgehead atoms. The third kappa shape index (κ3) is 4.09. The fourth-order valence-electron chi connectivity index (χ4n) is 3.33. The molecule has 0 aliphatic carbocycles. The molecular weight excluding hydrogens is 399 g/mol. The molecule has 2 aromatic heterocycles. The van der Waals surface area contributed by atoms with Crippen molar-refractivity contribution in [3.63, 3.8) is 0 Å². The van der Waals surface area contributed by atoms with Gasteiger partial charge < -0.3 is 10.2 Å². The minimum atomic E-state index is -0.505.